The van der Waals surface area contributed by atoms with Crippen LogP contribution in [0.5, 0.6) is 0 Å². The first-order chi connectivity index (χ1) is 7.79. The molecule has 0 aromatic carbocycles. The van der Waals surface area contributed by atoms with Crippen LogP contribution in [0.25, 0.3) is 10.6 Å². The summed E-state index contributed by atoms with van der Waals surface area (Å²) >= 11 is 1.63. The van der Waals surface area contributed by atoms with Gasteiger partial charge in [0.1, 0.15) is 12.4 Å². The Morgan fingerprint density at radius 2 is 2.31 bits per heavy atom. The predicted molar refractivity (Wildman–Crippen MR) is 65.1 cm³/mol. The number of nitrogen functional groups attached to an aromatic ring is 1. The van der Waals surface area contributed by atoms with Crippen molar-refractivity contribution in [3.8, 4) is 10.6 Å². The van der Waals surface area contributed by atoms with Gasteiger partial charge in [-0.2, -0.15) is 0 Å². The molecule has 0 bridgehead atoms. The maximum Gasteiger partial charge on any atom is 0.157 e. The maximum atomic E-state index is 5.74. The van der Waals surface area contributed by atoms with E-state index in [9.17, 15) is 0 Å². The minimum atomic E-state index is 0.403. The van der Waals surface area contributed by atoms with Crippen molar-refractivity contribution in [2.24, 2.45) is 0 Å². The summed E-state index contributed by atoms with van der Waals surface area (Å²) < 4.78 is 5.27. The van der Waals surface area contributed by atoms with Crippen LogP contribution in [0.1, 0.15) is 12.7 Å². The van der Waals surface area contributed by atoms with Gasteiger partial charge in [-0.3, -0.25) is 0 Å². The number of rotatable bonds is 4. The van der Waals surface area contributed by atoms with Crippen LogP contribution in [0.2, 0.25) is 0 Å². The molecule has 84 valence electrons. The van der Waals surface area contributed by atoms with E-state index < -0.39 is 0 Å². The van der Waals surface area contributed by atoms with Crippen LogP contribution in [-0.2, 0) is 11.3 Å². The van der Waals surface area contributed by atoms with Crippen molar-refractivity contribution in [1.29, 1.82) is 0 Å². The molecular weight excluding hydrogens is 222 g/mol. The Hall–Kier alpha value is -1.46. The molecule has 0 fully saturated rings. The van der Waals surface area contributed by atoms with Crippen LogP contribution in [0.4, 0.5) is 5.82 Å². The van der Waals surface area contributed by atoms with E-state index in [2.05, 4.69) is 9.97 Å². The van der Waals surface area contributed by atoms with Crippen LogP contribution < -0.4 is 5.73 Å². The average molecular weight is 235 g/mol. The summed E-state index contributed by atoms with van der Waals surface area (Å²) in [6.07, 6.45) is 0. The van der Waals surface area contributed by atoms with Gasteiger partial charge >= 0.3 is 0 Å². The molecule has 0 radical (unpaired) electrons. The van der Waals surface area contributed by atoms with Crippen molar-refractivity contribution < 1.29 is 4.74 Å². The van der Waals surface area contributed by atoms with E-state index in [1.54, 1.807) is 17.4 Å². The molecule has 16 heavy (non-hydrogen) atoms. The van der Waals surface area contributed by atoms with Gasteiger partial charge in [0.2, 0.25) is 0 Å². The quantitative estimate of drug-likeness (QED) is 0.883. The fourth-order valence-electron chi connectivity index (χ4n) is 1.33. The third-order valence-electron chi connectivity index (χ3n) is 2.00. The number of anilines is 1. The summed E-state index contributed by atoms with van der Waals surface area (Å²) in [5.41, 5.74) is 6.59. The molecule has 0 aliphatic rings. The smallest absolute Gasteiger partial charge is 0.157 e. The van der Waals surface area contributed by atoms with Gasteiger partial charge in [0, 0.05) is 12.7 Å². The maximum absolute atomic E-state index is 5.74. The second-order valence-corrected chi connectivity index (χ2v) is 4.16. The lowest BCUT2D eigenvalue weighted by molar-refractivity contribution is 0.128. The number of nitrogens with zero attached hydrogens (tertiary/aromatic N) is 2. The van der Waals surface area contributed by atoms with Gasteiger partial charge in [-0.05, 0) is 18.4 Å². The molecule has 0 amide bonds. The molecule has 0 saturated heterocycles. The van der Waals surface area contributed by atoms with E-state index >= 15 is 0 Å². The largest absolute Gasteiger partial charge is 0.384 e. The topological polar surface area (TPSA) is 61.0 Å². The molecule has 2 heterocycles. The fraction of sp³-hybridized carbons (Fsp3) is 0.273. The van der Waals surface area contributed by atoms with E-state index in [0.717, 1.165) is 10.6 Å². The third-order valence-corrected chi connectivity index (χ3v) is 2.89. The average Bonchev–Trinajstić information content (AvgIpc) is 2.79. The highest BCUT2D eigenvalue weighted by Gasteiger charge is 2.05. The highest BCUT2D eigenvalue weighted by Crippen LogP contribution is 2.23. The van der Waals surface area contributed by atoms with Crippen LogP contribution in [0.15, 0.2) is 23.6 Å². The highest BCUT2D eigenvalue weighted by molar-refractivity contribution is 7.13. The molecule has 0 aliphatic heterocycles. The summed E-state index contributed by atoms with van der Waals surface area (Å²) in [7, 11) is 0. The Labute approximate surface area is 98.1 Å². The zero-order valence-electron chi connectivity index (χ0n) is 9.01. The normalized spacial score (nSPS) is 10.6. The molecule has 2 rings (SSSR count). The fourth-order valence-corrected chi connectivity index (χ4v) is 2.01. The standard InChI is InChI=1S/C11H13N3OS/c1-2-15-7-11-13-8(6-10(12)14-11)9-4-3-5-16-9/h3-6H,2,7H2,1H3,(H2,12,13,14). The van der Waals surface area contributed by atoms with E-state index in [-0.39, 0.29) is 0 Å². The number of hydrogen-bond donors (Lipinski definition) is 1. The molecule has 2 aromatic heterocycles. The van der Waals surface area contributed by atoms with Gasteiger partial charge in [0.15, 0.2) is 5.82 Å². The van der Waals surface area contributed by atoms with Gasteiger partial charge in [-0.25, -0.2) is 9.97 Å². The predicted octanol–water partition coefficient (Wildman–Crippen LogP) is 2.32. The first-order valence-corrected chi connectivity index (χ1v) is 5.92. The lowest BCUT2D eigenvalue weighted by atomic mass is 10.3. The number of thiophene rings is 1. The number of aromatic nitrogens is 2. The first-order valence-electron chi connectivity index (χ1n) is 5.04. The third kappa shape index (κ3) is 2.56. The van der Waals surface area contributed by atoms with Crippen molar-refractivity contribution in [3.05, 3.63) is 29.4 Å². The van der Waals surface area contributed by atoms with Crippen LogP contribution >= 0.6 is 11.3 Å². The summed E-state index contributed by atoms with van der Waals surface area (Å²) in [5.74, 6) is 1.11. The number of hydrogen-bond acceptors (Lipinski definition) is 5. The van der Waals surface area contributed by atoms with Crippen molar-refractivity contribution in [1.82, 2.24) is 9.97 Å². The molecule has 2 aromatic rings. The van der Waals surface area contributed by atoms with E-state index in [0.29, 0.717) is 24.9 Å². The Morgan fingerprint density at radius 1 is 1.44 bits per heavy atom. The van der Waals surface area contributed by atoms with E-state index in [4.69, 9.17) is 10.5 Å². The lowest BCUT2D eigenvalue weighted by Crippen LogP contribution is -2.03. The molecule has 0 atom stereocenters. The van der Waals surface area contributed by atoms with E-state index in [1.165, 1.54) is 0 Å². The molecule has 4 nitrogen and oxygen atoms in total. The van der Waals surface area contributed by atoms with Gasteiger partial charge in [0.25, 0.3) is 0 Å². The zero-order valence-corrected chi connectivity index (χ0v) is 9.83. The summed E-state index contributed by atoms with van der Waals surface area (Å²) in [4.78, 5) is 9.63. The van der Waals surface area contributed by atoms with Crippen molar-refractivity contribution >= 4 is 17.2 Å². The van der Waals surface area contributed by atoms with Crippen LogP contribution in [0, 0.1) is 0 Å². The summed E-state index contributed by atoms with van der Waals surface area (Å²) in [5, 5.41) is 2.01. The SMILES string of the molecule is CCOCc1nc(N)cc(-c2cccs2)n1. The van der Waals surface area contributed by atoms with Gasteiger partial charge in [0.05, 0.1) is 10.6 Å². The Morgan fingerprint density at radius 3 is 3.00 bits per heavy atom. The molecule has 0 saturated carbocycles. The van der Waals surface area contributed by atoms with Crippen LogP contribution in [0.3, 0.4) is 0 Å². The number of nitrogens with two attached hydrogens (primary N) is 1. The van der Waals surface area contributed by atoms with E-state index in [1.807, 2.05) is 24.4 Å². The van der Waals surface area contributed by atoms with Crippen molar-refractivity contribution in [2.45, 2.75) is 13.5 Å². The molecular formula is C11H13N3OS. The minimum absolute atomic E-state index is 0.403. The zero-order chi connectivity index (χ0) is 11.4. The van der Waals surface area contributed by atoms with Crippen molar-refractivity contribution in [3.63, 3.8) is 0 Å². The van der Waals surface area contributed by atoms with Gasteiger partial charge in [-0.1, -0.05) is 6.07 Å². The monoisotopic (exact) mass is 235 g/mol. The molecule has 5 heteroatoms. The second kappa shape index (κ2) is 5.05. The highest BCUT2D eigenvalue weighted by atomic mass is 32.1. The molecule has 0 aliphatic carbocycles. The van der Waals surface area contributed by atoms with Gasteiger partial charge < -0.3 is 10.5 Å². The van der Waals surface area contributed by atoms with Gasteiger partial charge in [-0.15, -0.1) is 11.3 Å². The summed E-state index contributed by atoms with van der Waals surface area (Å²) in [6, 6.07) is 5.78. The second-order valence-electron chi connectivity index (χ2n) is 3.21. The Balaban J connectivity index is 2.29. The minimum Gasteiger partial charge on any atom is -0.384 e. The Kier molecular flexibility index (Phi) is 3.48. The summed E-state index contributed by atoms with van der Waals surface area (Å²) in [6.45, 7) is 2.99. The van der Waals surface area contributed by atoms with Crippen LogP contribution in [-0.4, -0.2) is 16.6 Å². The Bertz CT molecular complexity index is 456. The molecule has 0 spiro atoms. The van der Waals surface area contributed by atoms with Crippen molar-refractivity contribution in [2.75, 3.05) is 12.3 Å². The lowest BCUT2D eigenvalue weighted by Gasteiger charge is -2.04. The first kappa shape index (κ1) is 11.0. The molecule has 2 N–H and O–H groups in total. The molecule has 0 unspecified atom stereocenters. The number of ether oxygens (including phenoxy) is 1.